The highest BCUT2D eigenvalue weighted by Gasteiger charge is 2.54. The van der Waals surface area contributed by atoms with Gasteiger partial charge in [0, 0.05) is 38.0 Å². The third kappa shape index (κ3) is 5.04. The summed E-state index contributed by atoms with van der Waals surface area (Å²) >= 11 is 6.26. The molecule has 2 aliphatic heterocycles. The van der Waals surface area contributed by atoms with E-state index < -0.39 is 11.8 Å². The zero-order chi connectivity index (χ0) is 26.7. The SMILES string of the molecule is Cc1ccccc1C(=O)N1[C@@H](C(=O)NCc2ccccc2)COC12CCN(C(=O)c1ccccc1Cl)CC2. The molecule has 8 heteroatoms. The molecular weight excluding hydrogens is 502 g/mol. The van der Waals surface area contributed by atoms with Crippen molar-refractivity contribution < 1.29 is 19.1 Å². The van der Waals surface area contributed by atoms with E-state index in [0.29, 0.717) is 48.6 Å². The lowest BCUT2D eigenvalue weighted by Gasteiger charge is -2.44. The molecule has 38 heavy (non-hydrogen) atoms. The van der Waals surface area contributed by atoms with Crippen molar-refractivity contribution in [3.63, 3.8) is 0 Å². The number of likely N-dealkylation sites (tertiary alicyclic amines) is 1. The van der Waals surface area contributed by atoms with E-state index in [0.717, 1.165) is 11.1 Å². The predicted octanol–water partition coefficient (Wildman–Crippen LogP) is 4.44. The number of benzene rings is 3. The number of amides is 3. The number of hydrogen-bond acceptors (Lipinski definition) is 4. The lowest BCUT2D eigenvalue weighted by molar-refractivity contribution is -0.128. The number of ether oxygens (including phenoxy) is 1. The van der Waals surface area contributed by atoms with Gasteiger partial charge in [0.2, 0.25) is 5.91 Å². The predicted molar refractivity (Wildman–Crippen MR) is 145 cm³/mol. The Balaban J connectivity index is 1.38. The van der Waals surface area contributed by atoms with E-state index in [2.05, 4.69) is 5.32 Å². The van der Waals surface area contributed by atoms with E-state index in [1.54, 1.807) is 40.1 Å². The number of carbonyl (C=O) groups is 3. The largest absolute Gasteiger partial charge is 0.353 e. The fraction of sp³-hybridized carbons (Fsp3) is 0.300. The first-order valence-electron chi connectivity index (χ1n) is 12.8. The van der Waals surface area contributed by atoms with Gasteiger partial charge in [-0.2, -0.15) is 0 Å². The Hall–Kier alpha value is -3.68. The molecule has 2 fully saturated rings. The Kier molecular flexibility index (Phi) is 7.49. The molecule has 0 saturated carbocycles. The van der Waals surface area contributed by atoms with E-state index in [4.69, 9.17) is 16.3 Å². The second-order valence-electron chi connectivity index (χ2n) is 9.74. The molecule has 5 rings (SSSR count). The minimum Gasteiger partial charge on any atom is -0.353 e. The Morgan fingerprint density at radius 2 is 1.53 bits per heavy atom. The summed E-state index contributed by atoms with van der Waals surface area (Å²) in [5.74, 6) is -0.661. The summed E-state index contributed by atoms with van der Waals surface area (Å²) in [7, 11) is 0. The average Bonchev–Trinajstić information content (AvgIpc) is 3.31. The van der Waals surface area contributed by atoms with Crippen LogP contribution < -0.4 is 5.32 Å². The number of hydrogen-bond donors (Lipinski definition) is 1. The topological polar surface area (TPSA) is 79.0 Å². The number of nitrogens with zero attached hydrogens (tertiary/aromatic N) is 2. The van der Waals surface area contributed by atoms with Gasteiger partial charge in [-0.1, -0.05) is 72.3 Å². The number of carbonyl (C=O) groups excluding carboxylic acids is 3. The van der Waals surface area contributed by atoms with Gasteiger partial charge in [-0.05, 0) is 36.2 Å². The van der Waals surface area contributed by atoms with E-state index >= 15 is 0 Å². The van der Waals surface area contributed by atoms with Crippen LogP contribution in [0.15, 0.2) is 78.9 Å². The van der Waals surface area contributed by atoms with Crippen LogP contribution in [0.5, 0.6) is 0 Å². The first-order chi connectivity index (χ1) is 18.4. The number of rotatable bonds is 5. The first-order valence-corrected chi connectivity index (χ1v) is 13.2. The Labute approximate surface area is 227 Å². The average molecular weight is 532 g/mol. The van der Waals surface area contributed by atoms with Gasteiger partial charge in [-0.3, -0.25) is 19.3 Å². The van der Waals surface area contributed by atoms with Gasteiger partial charge in [0.05, 0.1) is 17.2 Å². The lowest BCUT2D eigenvalue weighted by Crippen LogP contribution is -2.59. The van der Waals surface area contributed by atoms with Gasteiger partial charge in [0.1, 0.15) is 11.8 Å². The van der Waals surface area contributed by atoms with Crippen LogP contribution in [0.2, 0.25) is 5.02 Å². The maximum Gasteiger partial charge on any atom is 0.257 e. The monoisotopic (exact) mass is 531 g/mol. The fourth-order valence-electron chi connectivity index (χ4n) is 5.28. The van der Waals surface area contributed by atoms with E-state index in [-0.39, 0.29) is 24.3 Å². The lowest BCUT2D eigenvalue weighted by atomic mass is 9.95. The highest BCUT2D eigenvalue weighted by molar-refractivity contribution is 6.33. The van der Waals surface area contributed by atoms with Crippen molar-refractivity contribution in [1.82, 2.24) is 15.1 Å². The zero-order valence-electron chi connectivity index (χ0n) is 21.2. The Morgan fingerprint density at radius 1 is 0.895 bits per heavy atom. The molecule has 1 spiro atoms. The van der Waals surface area contributed by atoms with Crippen LogP contribution >= 0.6 is 11.6 Å². The van der Waals surface area contributed by atoms with Gasteiger partial charge in [0.25, 0.3) is 11.8 Å². The summed E-state index contributed by atoms with van der Waals surface area (Å²) in [5.41, 5.74) is 1.80. The van der Waals surface area contributed by atoms with Gasteiger partial charge >= 0.3 is 0 Å². The van der Waals surface area contributed by atoms with Gasteiger partial charge in [-0.15, -0.1) is 0 Å². The normalized spacial score (nSPS) is 18.4. The molecule has 2 aliphatic rings. The third-order valence-electron chi connectivity index (χ3n) is 7.40. The molecule has 196 valence electrons. The Morgan fingerprint density at radius 3 is 2.21 bits per heavy atom. The fourth-order valence-corrected chi connectivity index (χ4v) is 5.49. The summed E-state index contributed by atoms with van der Waals surface area (Å²) < 4.78 is 6.30. The first kappa shape index (κ1) is 25.9. The van der Waals surface area contributed by atoms with Crippen LogP contribution in [0.3, 0.4) is 0 Å². The summed E-state index contributed by atoms with van der Waals surface area (Å²) in [6.45, 7) is 3.08. The standard InChI is InChI=1S/C30H30ClN3O4/c1-21-9-5-6-12-23(21)29(37)34-26(27(35)32-19-22-10-3-2-4-11-22)20-38-30(34)15-17-33(18-16-30)28(36)24-13-7-8-14-25(24)31/h2-14,26H,15-20H2,1H3,(H,32,35)/t26-/m1/s1. The van der Waals surface area contributed by atoms with Gasteiger partial charge in [0.15, 0.2) is 0 Å². The molecule has 0 radical (unpaired) electrons. The number of nitrogens with one attached hydrogen (secondary N) is 1. The summed E-state index contributed by atoms with van der Waals surface area (Å²) in [6.07, 6.45) is 0.784. The van der Waals surface area contributed by atoms with Crippen LogP contribution in [-0.4, -0.2) is 59.0 Å². The molecule has 3 aromatic rings. The smallest absolute Gasteiger partial charge is 0.257 e. The van der Waals surface area contributed by atoms with Crippen molar-refractivity contribution >= 4 is 29.3 Å². The quantitative estimate of drug-likeness (QED) is 0.528. The molecule has 0 unspecified atom stereocenters. The molecule has 0 bridgehead atoms. The maximum absolute atomic E-state index is 14.0. The second kappa shape index (κ2) is 11.0. The van der Waals surface area contributed by atoms with E-state index in [9.17, 15) is 14.4 Å². The molecule has 2 saturated heterocycles. The molecule has 1 atom stereocenters. The number of halogens is 1. The number of piperidine rings is 1. The van der Waals surface area contributed by atoms with Gasteiger partial charge < -0.3 is 15.0 Å². The van der Waals surface area contributed by atoms with Crippen LogP contribution in [0, 0.1) is 6.92 Å². The summed E-state index contributed by atoms with van der Waals surface area (Å²) in [5, 5.41) is 3.38. The molecule has 0 aromatic heterocycles. The van der Waals surface area contributed by atoms with Crippen LogP contribution in [-0.2, 0) is 16.1 Å². The molecule has 1 N–H and O–H groups in total. The zero-order valence-corrected chi connectivity index (χ0v) is 22.0. The van der Waals surface area contributed by atoms with E-state index in [1.807, 2.05) is 55.5 Å². The van der Waals surface area contributed by atoms with Crippen molar-refractivity contribution in [2.75, 3.05) is 19.7 Å². The Bertz CT molecular complexity index is 1340. The van der Waals surface area contributed by atoms with Gasteiger partial charge in [-0.25, -0.2) is 0 Å². The van der Waals surface area contributed by atoms with Crippen molar-refractivity contribution in [3.8, 4) is 0 Å². The van der Waals surface area contributed by atoms with E-state index in [1.165, 1.54) is 0 Å². The molecule has 3 aromatic carbocycles. The van der Waals surface area contributed by atoms with Crippen molar-refractivity contribution in [3.05, 3.63) is 106 Å². The highest BCUT2D eigenvalue weighted by Crippen LogP contribution is 2.39. The third-order valence-corrected chi connectivity index (χ3v) is 7.73. The molecule has 0 aliphatic carbocycles. The van der Waals surface area contributed by atoms with Crippen LogP contribution in [0.4, 0.5) is 0 Å². The van der Waals surface area contributed by atoms with Crippen LogP contribution in [0.25, 0.3) is 0 Å². The molecule has 3 amide bonds. The van der Waals surface area contributed by atoms with Crippen molar-refractivity contribution in [2.45, 2.75) is 38.1 Å². The molecule has 2 heterocycles. The van der Waals surface area contributed by atoms with Crippen molar-refractivity contribution in [1.29, 1.82) is 0 Å². The highest BCUT2D eigenvalue weighted by atomic mass is 35.5. The molecular formula is C30H30ClN3O4. The van der Waals surface area contributed by atoms with Crippen LogP contribution in [0.1, 0.15) is 44.7 Å². The number of aryl methyl sites for hydroxylation is 1. The maximum atomic E-state index is 14.0. The minimum atomic E-state index is -0.981. The second-order valence-corrected chi connectivity index (χ2v) is 10.1. The molecule has 7 nitrogen and oxygen atoms in total. The van der Waals surface area contributed by atoms with Crippen molar-refractivity contribution in [2.24, 2.45) is 0 Å². The summed E-state index contributed by atoms with van der Waals surface area (Å²) in [4.78, 5) is 43.9. The minimum absolute atomic E-state index is 0.0940. The summed E-state index contributed by atoms with van der Waals surface area (Å²) in [6, 6.07) is 23.2.